The number of hydrogen-bond donors (Lipinski definition) is 3. The Bertz CT molecular complexity index is 954. The van der Waals surface area contributed by atoms with Crippen LogP contribution >= 0.6 is 0 Å². The average Bonchev–Trinajstić information content (AvgIpc) is 3.04. The van der Waals surface area contributed by atoms with Crippen LogP contribution in [0.2, 0.25) is 0 Å². The summed E-state index contributed by atoms with van der Waals surface area (Å²) in [5.74, 6) is 0.833. The molecule has 1 atom stereocenters. The van der Waals surface area contributed by atoms with Crippen LogP contribution in [0, 0.1) is 0 Å². The van der Waals surface area contributed by atoms with Crippen LogP contribution in [0.5, 0.6) is 0 Å². The largest absolute Gasteiger partial charge is 0.291 e. The summed E-state index contributed by atoms with van der Waals surface area (Å²) >= 11 is 0. The third-order valence-electron chi connectivity index (χ3n) is 4.23. The van der Waals surface area contributed by atoms with Gasteiger partial charge in [-0.2, -0.15) is 15.2 Å². The number of H-pyrrole nitrogens is 2. The Morgan fingerprint density at radius 2 is 2.22 bits per heavy atom. The fourth-order valence-corrected chi connectivity index (χ4v) is 2.97. The third-order valence-corrected chi connectivity index (χ3v) is 4.23. The molecule has 3 aromatic rings. The molecule has 0 saturated heterocycles. The van der Waals surface area contributed by atoms with Gasteiger partial charge in [0.1, 0.15) is 5.39 Å². The molecule has 0 saturated carbocycles. The van der Waals surface area contributed by atoms with Crippen molar-refractivity contribution in [2.45, 2.75) is 25.7 Å². The maximum absolute atomic E-state index is 11.9. The van der Waals surface area contributed by atoms with Crippen molar-refractivity contribution >= 4 is 22.7 Å². The van der Waals surface area contributed by atoms with Crippen molar-refractivity contribution < 1.29 is 0 Å². The maximum Gasteiger partial charge on any atom is 0.263 e. The van der Waals surface area contributed by atoms with Gasteiger partial charge in [-0.25, -0.2) is 5.43 Å². The predicted octanol–water partition coefficient (Wildman–Crippen LogP) is 2.36. The van der Waals surface area contributed by atoms with E-state index in [2.05, 4.69) is 55.8 Å². The van der Waals surface area contributed by atoms with Gasteiger partial charge in [0.25, 0.3) is 5.56 Å². The number of aromatic nitrogens is 4. The van der Waals surface area contributed by atoms with E-state index in [4.69, 9.17) is 0 Å². The van der Waals surface area contributed by atoms with E-state index in [-0.39, 0.29) is 5.56 Å². The molecule has 1 aromatic carbocycles. The van der Waals surface area contributed by atoms with E-state index >= 15 is 0 Å². The molecule has 116 valence electrons. The summed E-state index contributed by atoms with van der Waals surface area (Å²) in [4.78, 5) is 18.8. The summed E-state index contributed by atoms with van der Waals surface area (Å²) in [7, 11) is 0. The topological polar surface area (TPSA) is 98.8 Å². The Hall–Kier alpha value is -2.96. The Balaban J connectivity index is 1.68. The standard InChI is InChI=1S/C16H16N6O/c1-9-6-7-13(11-5-3-2-4-10(9)11)20-22-16-18-14-12(8-17-21-14)15(23)19-16/h2-5,8-9H,6-7H2,1H3,(H3,17,18,19,21,22,23)/b20-13+. The highest BCUT2D eigenvalue weighted by molar-refractivity contribution is 6.03. The number of aromatic amines is 2. The quantitative estimate of drug-likeness (QED) is 0.633. The van der Waals surface area contributed by atoms with Crippen molar-refractivity contribution in [3.63, 3.8) is 0 Å². The van der Waals surface area contributed by atoms with Crippen molar-refractivity contribution in [2.75, 3.05) is 5.43 Å². The van der Waals surface area contributed by atoms with E-state index < -0.39 is 0 Å². The minimum absolute atomic E-state index is 0.246. The zero-order chi connectivity index (χ0) is 15.8. The van der Waals surface area contributed by atoms with E-state index in [1.165, 1.54) is 11.8 Å². The van der Waals surface area contributed by atoms with Gasteiger partial charge >= 0.3 is 0 Å². The van der Waals surface area contributed by atoms with E-state index in [1.54, 1.807) is 0 Å². The number of hydrogen-bond acceptors (Lipinski definition) is 5. The molecule has 0 amide bonds. The molecule has 2 heterocycles. The Labute approximate surface area is 131 Å². The zero-order valence-electron chi connectivity index (χ0n) is 12.6. The van der Waals surface area contributed by atoms with Crippen molar-refractivity contribution in [3.05, 3.63) is 51.9 Å². The van der Waals surface area contributed by atoms with Crippen LogP contribution in [0.4, 0.5) is 5.95 Å². The molecule has 0 radical (unpaired) electrons. The minimum Gasteiger partial charge on any atom is -0.291 e. The van der Waals surface area contributed by atoms with Crippen molar-refractivity contribution in [1.29, 1.82) is 0 Å². The summed E-state index contributed by atoms with van der Waals surface area (Å²) in [6.07, 6.45) is 3.40. The van der Waals surface area contributed by atoms with Gasteiger partial charge in [0.05, 0.1) is 11.9 Å². The normalized spacial score (nSPS) is 19.0. The first-order chi connectivity index (χ1) is 11.2. The molecule has 0 bridgehead atoms. The van der Waals surface area contributed by atoms with Gasteiger partial charge in [-0.1, -0.05) is 31.2 Å². The zero-order valence-corrected chi connectivity index (χ0v) is 12.6. The van der Waals surface area contributed by atoms with E-state index in [0.717, 1.165) is 24.1 Å². The first-order valence-corrected chi connectivity index (χ1v) is 7.57. The van der Waals surface area contributed by atoms with Crippen LogP contribution < -0.4 is 11.0 Å². The van der Waals surface area contributed by atoms with Crippen LogP contribution in [0.1, 0.15) is 36.8 Å². The van der Waals surface area contributed by atoms with E-state index in [9.17, 15) is 4.79 Å². The number of fused-ring (bicyclic) bond motifs is 2. The smallest absolute Gasteiger partial charge is 0.263 e. The average molecular weight is 308 g/mol. The molecular formula is C16H16N6O. The van der Waals surface area contributed by atoms with Crippen molar-refractivity contribution in [2.24, 2.45) is 5.10 Å². The molecule has 1 aliphatic rings. The summed E-state index contributed by atoms with van der Waals surface area (Å²) in [5.41, 5.74) is 6.50. The lowest BCUT2D eigenvalue weighted by molar-refractivity contribution is 0.684. The Morgan fingerprint density at radius 3 is 3.13 bits per heavy atom. The lowest BCUT2D eigenvalue weighted by Crippen LogP contribution is -2.17. The highest BCUT2D eigenvalue weighted by Crippen LogP contribution is 2.31. The van der Waals surface area contributed by atoms with Gasteiger partial charge < -0.3 is 0 Å². The number of nitrogens with one attached hydrogen (secondary N) is 3. The molecule has 0 spiro atoms. The highest BCUT2D eigenvalue weighted by atomic mass is 16.1. The van der Waals surface area contributed by atoms with Crippen LogP contribution in [-0.4, -0.2) is 25.9 Å². The third kappa shape index (κ3) is 2.40. The molecule has 7 heteroatoms. The monoisotopic (exact) mass is 308 g/mol. The molecule has 4 rings (SSSR count). The number of benzene rings is 1. The van der Waals surface area contributed by atoms with Crippen LogP contribution in [-0.2, 0) is 0 Å². The molecule has 1 unspecified atom stereocenters. The first kappa shape index (κ1) is 13.7. The lowest BCUT2D eigenvalue weighted by atomic mass is 9.83. The molecule has 0 fully saturated rings. The lowest BCUT2D eigenvalue weighted by Gasteiger charge is -2.23. The van der Waals surface area contributed by atoms with Crippen molar-refractivity contribution in [3.8, 4) is 0 Å². The molecule has 23 heavy (non-hydrogen) atoms. The van der Waals surface area contributed by atoms with E-state index in [0.29, 0.717) is 22.9 Å². The van der Waals surface area contributed by atoms with Gasteiger partial charge in [-0.05, 0) is 24.3 Å². The SMILES string of the molecule is CC1CC/C(=N\Nc2nc3[nH]ncc3c(=O)[nH]2)c2ccccc21. The minimum atomic E-state index is -0.246. The second kappa shape index (κ2) is 5.35. The second-order valence-electron chi connectivity index (χ2n) is 5.74. The summed E-state index contributed by atoms with van der Waals surface area (Å²) in [6, 6.07) is 8.30. The molecular weight excluding hydrogens is 292 g/mol. The van der Waals surface area contributed by atoms with E-state index in [1.807, 2.05) is 6.07 Å². The first-order valence-electron chi connectivity index (χ1n) is 7.57. The fraction of sp³-hybridized carbons (Fsp3) is 0.250. The number of nitrogens with zero attached hydrogens (tertiary/aromatic N) is 3. The maximum atomic E-state index is 11.9. The predicted molar refractivity (Wildman–Crippen MR) is 88.8 cm³/mol. The van der Waals surface area contributed by atoms with Gasteiger partial charge in [-0.15, -0.1) is 0 Å². The highest BCUT2D eigenvalue weighted by Gasteiger charge is 2.20. The van der Waals surface area contributed by atoms with Gasteiger partial charge in [0, 0.05) is 5.56 Å². The summed E-state index contributed by atoms with van der Waals surface area (Å²) < 4.78 is 0. The molecule has 0 aliphatic heterocycles. The molecule has 1 aliphatic carbocycles. The van der Waals surface area contributed by atoms with Gasteiger partial charge in [-0.3, -0.25) is 14.9 Å². The van der Waals surface area contributed by atoms with Crippen LogP contribution in [0.3, 0.4) is 0 Å². The number of rotatable bonds is 2. The Kier molecular flexibility index (Phi) is 3.18. The van der Waals surface area contributed by atoms with Gasteiger partial charge in [0.2, 0.25) is 5.95 Å². The Morgan fingerprint density at radius 1 is 1.35 bits per heavy atom. The molecule has 7 nitrogen and oxygen atoms in total. The summed E-state index contributed by atoms with van der Waals surface area (Å²) in [5, 5.41) is 11.4. The number of hydrazone groups is 1. The number of anilines is 1. The molecule has 2 aromatic heterocycles. The molecule has 3 N–H and O–H groups in total. The van der Waals surface area contributed by atoms with Crippen LogP contribution in [0.25, 0.3) is 11.0 Å². The van der Waals surface area contributed by atoms with Crippen LogP contribution in [0.15, 0.2) is 40.4 Å². The van der Waals surface area contributed by atoms with Crippen molar-refractivity contribution in [1.82, 2.24) is 20.2 Å². The fourth-order valence-electron chi connectivity index (χ4n) is 2.97. The summed E-state index contributed by atoms with van der Waals surface area (Å²) in [6.45, 7) is 2.23. The van der Waals surface area contributed by atoms with Gasteiger partial charge in [0.15, 0.2) is 5.65 Å². The second-order valence-corrected chi connectivity index (χ2v) is 5.74.